The minimum atomic E-state index is -0.262. The molecule has 1 aromatic carbocycles. The van der Waals surface area contributed by atoms with Gasteiger partial charge >= 0.3 is 0 Å². The number of nitrogen functional groups attached to an aromatic ring is 1. The Balaban J connectivity index is 2.03. The first-order chi connectivity index (χ1) is 8.56. The zero-order valence-electron chi connectivity index (χ0n) is 9.23. The maximum Gasteiger partial charge on any atom is 0.246 e. The highest BCUT2D eigenvalue weighted by molar-refractivity contribution is 6.33. The minimum Gasteiger partial charge on any atom is -0.381 e. The van der Waals surface area contributed by atoms with E-state index in [1.54, 1.807) is 24.3 Å². The average Bonchev–Trinajstić information content (AvgIpc) is 2.61. The van der Waals surface area contributed by atoms with Gasteiger partial charge in [0.2, 0.25) is 5.91 Å². The molecule has 1 heterocycles. The zero-order valence-corrected chi connectivity index (χ0v) is 10.7. The molecule has 0 atom stereocenters. The maximum absolute atomic E-state index is 11.7. The number of carbonyl (C=O) groups excluding carboxylic acids is 1. The molecule has 5 nitrogen and oxygen atoms in total. The summed E-state index contributed by atoms with van der Waals surface area (Å²) in [5.41, 5.74) is 6.03. The van der Waals surface area contributed by atoms with Crippen LogP contribution in [0.4, 0.5) is 11.5 Å². The quantitative estimate of drug-likeness (QED) is 0.909. The van der Waals surface area contributed by atoms with Crippen LogP contribution < -0.4 is 11.1 Å². The van der Waals surface area contributed by atoms with E-state index in [9.17, 15) is 4.79 Å². The number of carbonyl (C=O) groups is 1. The van der Waals surface area contributed by atoms with Gasteiger partial charge < -0.3 is 11.1 Å². The van der Waals surface area contributed by atoms with E-state index in [-0.39, 0.29) is 18.3 Å². The third kappa shape index (κ3) is 2.94. The van der Waals surface area contributed by atoms with Gasteiger partial charge in [-0.25, -0.2) is 0 Å². The Kier molecular flexibility index (Phi) is 3.74. The van der Waals surface area contributed by atoms with Crippen LogP contribution in [0.5, 0.6) is 0 Å². The van der Waals surface area contributed by atoms with Crippen molar-refractivity contribution in [3.8, 4) is 0 Å². The molecule has 0 aliphatic carbocycles. The van der Waals surface area contributed by atoms with E-state index >= 15 is 0 Å². The molecule has 94 valence electrons. The zero-order chi connectivity index (χ0) is 13.1. The summed E-state index contributed by atoms with van der Waals surface area (Å²) in [6.07, 6.45) is 1.49. The van der Waals surface area contributed by atoms with Crippen LogP contribution in [0.15, 0.2) is 30.5 Å². The molecule has 0 fully saturated rings. The van der Waals surface area contributed by atoms with Gasteiger partial charge in [0.25, 0.3) is 0 Å². The SMILES string of the molecule is Nc1nn(CC(=O)Nc2ccccc2Cl)cc1Cl. The summed E-state index contributed by atoms with van der Waals surface area (Å²) in [5.74, 6) is -0.0653. The second-order valence-electron chi connectivity index (χ2n) is 3.59. The fraction of sp³-hybridized carbons (Fsp3) is 0.0909. The second-order valence-corrected chi connectivity index (χ2v) is 4.40. The number of aromatic nitrogens is 2. The fourth-order valence-electron chi connectivity index (χ4n) is 1.39. The van der Waals surface area contributed by atoms with Gasteiger partial charge in [0.15, 0.2) is 5.82 Å². The molecule has 2 aromatic rings. The lowest BCUT2D eigenvalue weighted by atomic mass is 10.3. The van der Waals surface area contributed by atoms with Gasteiger partial charge in [0.1, 0.15) is 11.6 Å². The van der Waals surface area contributed by atoms with Crippen LogP contribution in [0.3, 0.4) is 0 Å². The molecule has 0 bridgehead atoms. The van der Waals surface area contributed by atoms with Gasteiger partial charge in [-0.3, -0.25) is 9.48 Å². The summed E-state index contributed by atoms with van der Waals surface area (Å²) >= 11 is 11.7. The first-order valence-electron chi connectivity index (χ1n) is 5.09. The Morgan fingerprint density at radius 1 is 1.33 bits per heavy atom. The standard InChI is InChI=1S/C11H10Cl2N4O/c12-7-3-1-2-4-9(7)15-10(18)6-17-5-8(13)11(14)16-17/h1-5H,6H2,(H2,14,16)(H,15,18). The monoisotopic (exact) mass is 284 g/mol. The van der Waals surface area contributed by atoms with Crippen LogP contribution in [0.2, 0.25) is 10.0 Å². The van der Waals surface area contributed by atoms with Crippen molar-refractivity contribution >= 4 is 40.6 Å². The van der Waals surface area contributed by atoms with Crippen molar-refractivity contribution in [3.63, 3.8) is 0 Å². The maximum atomic E-state index is 11.7. The number of halogens is 2. The number of amides is 1. The van der Waals surface area contributed by atoms with Crippen LogP contribution >= 0.6 is 23.2 Å². The minimum absolute atomic E-state index is 0.0160. The van der Waals surface area contributed by atoms with Crippen LogP contribution in [-0.4, -0.2) is 15.7 Å². The number of para-hydroxylation sites is 1. The first-order valence-corrected chi connectivity index (χ1v) is 5.84. The van der Waals surface area contributed by atoms with Gasteiger partial charge in [0, 0.05) is 6.20 Å². The summed E-state index contributed by atoms with van der Waals surface area (Å²) in [4.78, 5) is 11.7. The molecule has 1 amide bonds. The predicted octanol–water partition coefficient (Wildman–Crippen LogP) is 2.41. The third-order valence-electron chi connectivity index (χ3n) is 2.20. The van der Waals surface area contributed by atoms with E-state index in [0.717, 1.165) is 0 Å². The lowest BCUT2D eigenvalue weighted by Gasteiger charge is -2.06. The largest absolute Gasteiger partial charge is 0.381 e. The molecule has 1 aromatic heterocycles. The molecule has 18 heavy (non-hydrogen) atoms. The van der Waals surface area contributed by atoms with Crippen molar-refractivity contribution in [2.45, 2.75) is 6.54 Å². The van der Waals surface area contributed by atoms with E-state index in [1.807, 2.05) is 0 Å². The number of nitrogens with zero attached hydrogens (tertiary/aromatic N) is 2. The number of rotatable bonds is 3. The number of benzene rings is 1. The van der Waals surface area contributed by atoms with E-state index in [2.05, 4.69) is 10.4 Å². The summed E-state index contributed by atoms with van der Waals surface area (Å²) < 4.78 is 1.36. The van der Waals surface area contributed by atoms with Crippen molar-refractivity contribution in [1.29, 1.82) is 0 Å². The van der Waals surface area contributed by atoms with Crippen molar-refractivity contribution < 1.29 is 4.79 Å². The Morgan fingerprint density at radius 3 is 2.67 bits per heavy atom. The van der Waals surface area contributed by atoms with Gasteiger partial charge in [0.05, 0.1) is 10.7 Å². The molecular formula is C11H10Cl2N4O. The molecule has 0 unspecified atom stereocenters. The van der Waals surface area contributed by atoms with E-state index in [0.29, 0.717) is 15.7 Å². The molecule has 0 spiro atoms. The van der Waals surface area contributed by atoms with Gasteiger partial charge in [-0.15, -0.1) is 0 Å². The molecule has 0 saturated carbocycles. The molecule has 0 aliphatic heterocycles. The molecule has 0 saturated heterocycles. The summed E-state index contributed by atoms with van der Waals surface area (Å²) in [6.45, 7) is 0.0160. The number of nitrogens with two attached hydrogens (primary N) is 1. The van der Waals surface area contributed by atoms with Crippen LogP contribution in [-0.2, 0) is 11.3 Å². The lowest BCUT2D eigenvalue weighted by molar-refractivity contribution is -0.116. The van der Waals surface area contributed by atoms with Crippen molar-refractivity contribution in [1.82, 2.24) is 9.78 Å². The summed E-state index contributed by atoms with van der Waals surface area (Å²) in [5, 5.41) is 7.35. The molecule has 3 N–H and O–H groups in total. The van der Waals surface area contributed by atoms with Crippen molar-refractivity contribution in [2.75, 3.05) is 11.1 Å². The van der Waals surface area contributed by atoms with Crippen molar-refractivity contribution in [3.05, 3.63) is 40.5 Å². The van der Waals surface area contributed by atoms with Crippen LogP contribution in [0.1, 0.15) is 0 Å². The van der Waals surface area contributed by atoms with Crippen LogP contribution in [0, 0.1) is 0 Å². The van der Waals surface area contributed by atoms with E-state index < -0.39 is 0 Å². The Labute approximate surface area is 113 Å². The molecule has 7 heteroatoms. The predicted molar refractivity (Wildman–Crippen MR) is 71.7 cm³/mol. The van der Waals surface area contributed by atoms with E-state index in [1.165, 1.54) is 10.9 Å². The summed E-state index contributed by atoms with van der Waals surface area (Å²) in [7, 11) is 0. The second kappa shape index (κ2) is 5.29. The highest BCUT2D eigenvalue weighted by Crippen LogP contribution is 2.20. The van der Waals surface area contributed by atoms with Gasteiger partial charge in [-0.2, -0.15) is 5.10 Å². The number of nitrogens with one attached hydrogen (secondary N) is 1. The molecule has 2 rings (SSSR count). The molecule has 0 aliphatic rings. The highest BCUT2D eigenvalue weighted by Gasteiger charge is 2.09. The van der Waals surface area contributed by atoms with E-state index in [4.69, 9.17) is 28.9 Å². The summed E-state index contributed by atoms with van der Waals surface area (Å²) in [6, 6.07) is 6.97. The Hall–Kier alpha value is -1.72. The normalized spacial score (nSPS) is 10.3. The lowest BCUT2D eigenvalue weighted by Crippen LogP contribution is -2.19. The smallest absolute Gasteiger partial charge is 0.246 e. The fourth-order valence-corrected chi connectivity index (χ4v) is 1.73. The van der Waals surface area contributed by atoms with Crippen LogP contribution in [0.25, 0.3) is 0 Å². The Bertz CT molecular complexity index is 563. The topological polar surface area (TPSA) is 72.9 Å². The number of hydrogen-bond acceptors (Lipinski definition) is 3. The third-order valence-corrected chi connectivity index (χ3v) is 2.82. The van der Waals surface area contributed by atoms with Gasteiger partial charge in [-0.1, -0.05) is 35.3 Å². The number of anilines is 2. The molecule has 0 radical (unpaired) electrons. The first kappa shape index (κ1) is 12.7. The molecular weight excluding hydrogens is 275 g/mol. The Morgan fingerprint density at radius 2 is 2.06 bits per heavy atom. The van der Waals surface area contributed by atoms with Crippen molar-refractivity contribution in [2.24, 2.45) is 0 Å². The highest BCUT2D eigenvalue weighted by atomic mass is 35.5. The number of hydrogen-bond donors (Lipinski definition) is 2. The average molecular weight is 285 g/mol. The van der Waals surface area contributed by atoms with Gasteiger partial charge in [-0.05, 0) is 12.1 Å².